The smallest absolute Gasteiger partial charge is 0.165 e. The van der Waals surface area contributed by atoms with Crippen molar-refractivity contribution in [2.24, 2.45) is 34.5 Å². The molecule has 0 saturated heterocycles. The monoisotopic (exact) mass is 362 g/mol. The Bertz CT molecular complexity index is 686. The highest BCUT2D eigenvalue weighted by molar-refractivity contribution is 5.89. The zero-order valence-corrected chi connectivity index (χ0v) is 15.8. The normalized spacial score (nSPS) is 55.8. The quantitative estimate of drug-likeness (QED) is 0.617. The molecule has 4 aliphatic rings. The van der Waals surface area contributed by atoms with Gasteiger partial charge in [0.1, 0.15) is 11.7 Å². The van der Waals surface area contributed by atoms with Crippen molar-refractivity contribution in [1.29, 1.82) is 0 Å². The van der Waals surface area contributed by atoms with Crippen LogP contribution in [0.25, 0.3) is 0 Å². The van der Waals surface area contributed by atoms with E-state index in [0.717, 1.165) is 6.42 Å². The second kappa shape index (κ2) is 5.49. The molecule has 4 rings (SSSR count). The van der Waals surface area contributed by atoms with E-state index in [0.29, 0.717) is 25.7 Å². The zero-order valence-electron chi connectivity index (χ0n) is 15.8. The molecule has 0 aromatic carbocycles. The molecule has 26 heavy (non-hydrogen) atoms. The van der Waals surface area contributed by atoms with Crippen LogP contribution in [0.3, 0.4) is 0 Å². The first-order valence-electron chi connectivity index (χ1n) is 9.89. The van der Waals surface area contributed by atoms with Crippen LogP contribution in [-0.4, -0.2) is 44.7 Å². The fourth-order valence-electron chi connectivity index (χ4n) is 7.17. The number of rotatable bonds is 1. The van der Waals surface area contributed by atoms with E-state index in [-0.39, 0.29) is 40.7 Å². The van der Waals surface area contributed by atoms with E-state index in [1.165, 1.54) is 6.92 Å². The van der Waals surface area contributed by atoms with E-state index in [4.69, 9.17) is 0 Å². The number of carbonyl (C=O) groups excluding carboxylic acids is 2. The third-order valence-corrected chi connectivity index (χ3v) is 8.77. The summed E-state index contributed by atoms with van der Waals surface area (Å²) in [7, 11) is 0. The van der Waals surface area contributed by atoms with Crippen molar-refractivity contribution >= 4 is 11.6 Å². The van der Waals surface area contributed by atoms with Crippen LogP contribution >= 0.6 is 0 Å². The number of carbonyl (C=O) groups is 2. The Hall–Kier alpha value is -1.04. The number of ketones is 2. The lowest BCUT2D eigenvalue weighted by molar-refractivity contribution is -0.183. The van der Waals surface area contributed by atoms with Gasteiger partial charge in [-0.15, -0.1) is 0 Å². The molecule has 3 saturated carbocycles. The minimum Gasteiger partial charge on any atom is -0.389 e. The van der Waals surface area contributed by atoms with Gasteiger partial charge in [0.25, 0.3) is 0 Å². The van der Waals surface area contributed by atoms with Crippen molar-refractivity contribution in [2.75, 3.05) is 0 Å². The topological polar surface area (TPSA) is 94.8 Å². The maximum Gasteiger partial charge on any atom is 0.165 e. The summed E-state index contributed by atoms with van der Waals surface area (Å²) in [4.78, 5) is 25.3. The maximum atomic E-state index is 13.0. The number of aliphatic hydroxyl groups excluding tert-OH is 2. The van der Waals surface area contributed by atoms with Gasteiger partial charge in [-0.1, -0.05) is 26.0 Å². The number of aliphatic hydroxyl groups is 3. The van der Waals surface area contributed by atoms with Gasteiger partial charge in [0.2, 0.25) is 0 Å². The van der Waals surface area contributed by atoms with E-state index in [1.54, 1.807) is 6.08 Å². The molecule has 5 nitrogen and oxygen atoms in total. The third-order valence-electron chi connectivity index (χ3n) is 8.77. The lowest BCUT2D eigenvalue weighted by Gasteiger charge is -2.60. The van der Waals surface area contributed by atoms with Crippen LogP contribution < -0.4 is 0 Å². The van der Waals surface area contributed by atoms with Crippen molar-refractivity contribution in [3.63, 3.8) is 0 Å². The molecule has 0 aromatic heterocycles. The third kappa shape index (κ3) is 2.02. The summed E-state index contributed by atoms with van der Waals surface area (Å²) in [5.74, 6) is -0.919. The van der Waals surface area contributed by atoms with E-state index >= 15 is 0 Å². The van der Waals surface area contributed by atoms with Crippen LogP contribution in [-0.2, 0) is 9.59 Å². The Kier molecular flexibility index (Phi) is 3.87. The SMILES string of the molecule is CC(=O)[C@@]1(O)CC[C@H]2[C@@H]3[C@H](O)C(=O)C4C[C@@H](O)C=C[C@]4(C)[C@H]3CC[C@@]21C. The number of allylic oxidation sites excluding steroid dienone is 1. The largest absolute Gasteiger partial charge is 0.389 e. The highest BCUT2D eigenvalue weighted by Crippen LogP contribution is 2.67. The van der Waals surface area contributed by atoms with Crippen LogP contribution in [0.2, 0.25) is 0 Å². The Labute approximate surface area is 154 Å². The first kappa shape index (κ1) is 18.3. The van der Waals surface area contributed by atoms with Crippen LogP contribution in [0.15, 0.2) is 12.2 Å². The first-order chi connectivity index (χ1) is 12.1. The Morgan fingerprint density at radius 2 is 1.81 bits per heavy atom. The molecule has 1 unspecified atom stereocenters. The van der Waals surface area contributed by atoms with E-state index < -0.39 is 23.2 Å². The maximum absolute atomic E-state index is 13.0. The molecule has 3 fully saturated rings. The molecule has 0 aromatic rings. The fraction of sp³-hybridized carbons (Fsp3) is 0.810. The summed E-state index contributed by atoms with van der Waals surface area (Å²) in [6, 6.07) is 0. The lowest BCUT2D eigenvalue weighted by atomic mass is 9.44. The molecule has 9 atom stereocenters. The molecular weight excluding hydrogens is 332 g/mol. The van der Waals surface area contributed by atoms with Gasteiger partial charge in [-0.2, -0.15) is 0 Å². The summed E-state index contributed by atoms with van der Waals surface area (Å²) < 4.78 is 0. The summed E-state index contributed by atoms with van der Waals surface area (Å²) in [6.45, 7) is 5.50. The second-order valence-electron chi connectivity index (χ2n) is 9.63. The molecule has 3 N–H and O–H groups in total. The summed E-state index contributed by atoms with van der Waals surface area (Å²) in [6.07, 6.45) is 4.98. The lowest BCUT2D eigenvalue weighted by Crippen LogP contribution is -2.63. The molecular formula is C21H30O5. The molecule has 0 amide bonds. The number of Topliss-reactive ketones (excluding diaryl/α,β-unsaturated/α-hetero) is 2. The predicted molar refractivity (Wildman–Crippen MR) is 95.1 cm³/mol. The average Bonchev–Trinajstić information content (AvgIpc) is 2.87. The van der Waals surface area contributed by atoms with Crippen LogP contribution in [0.4, 0.5) is 0 Å². The molecule has 4 aliphatic carbocycles. The summed E-state index contributed by atoms with van der Waals surface area (Å²) in [5, 5.41) is 32.1. The molecule has 0 spiro atoms. The average molecular weight is 362 g/mol. The summed E-state index contributed by atoms with van der Waals surface area (Å²) in [5.41, 5.74) is -2.33. The zero-order chi connectivity index (χ0) is 19.1. The van der Waals surface area contributed by atoms with Gasteiger partial charge in [-0.25, -0.2) is 0 Å². The van der Waals surface area contributed by atoms with Gasteiger partial charge in [-0.3, -0.25) is 9.59 Å². The van der Waals surface area contributed by atoms with Gasteiger partial charge in [0.05, 0.1) is 6.10 Å². The fourth-order valence-corrected chi connectivity index (χ4v) is 7.17. The van der Waals surface area contributed by atoms with Gasteiger partial charge >= 0.3 is 0 Å². The number of hydrogen-bond acceptors (Lipinski definition) is 5. The van der Waals surface area contributed by atoms with E-state index in [9.17, 15) is 24.9 Å². The Balaban J connectivity index is 1.78. The standard InChI is InChI=1S/C21H30O5/c1-11(22)21(26)9-6-14-16-13(5-8-20(14,21)3)19(2)7-4-12(23)10-15(19)17(24)18(16)25/h4,7,12-16,18,23,25-26H,5-6,8-10H2,1-3H3/t12-,13-,14-,15?,16+,18-,19+,20-,21-/m0/s1. The predicted octanol–water partition coefficient (Wildman–Crippen LogP) is 1.64. The van der Waals surface area contributed by atoms with Crippen molar-refractivity contribution in [3.05, 3.63) is 12.2 Å². The van der Waals surface area contributed by atoms with Gasteiger partial charge in [-0.05, 0) is 62.2 Å². The van der Waals surface area contributed by atoms with Crippen molar-refractivity contribution < 1.29 is 24.9 Å². The minimum atomic E-state index is -1.36. The second-order valence-corrected chi connectivity index (χ2v) is 9.63. The molecule has 0 radical (unpaired) electrons. The Morgan fingerprint density at radius 3 is 2.46 bits per heavy atom. The first-order valence-corrected chi connectivity index (χ1v) is 9.89. The van der Waals surface area contributed by atoms with Gasteiger partial charge in [0, 0.05) is 11.3 Å². The molecule has 0 aliphatic heterocycles. The Morgan fingerprint density at radius 1 is 1.15 bits per heavy atom. The highest BCUT2D eigenvalue weighted by atomic mass is 16.3. The summed E-state index contributed by atoms with van der Waals surface area (Å²) >= 11 is 0. The van der Waals surface area contributed by atoms with Crippen LogP contribution in [0.5, 0.6) is 0 Å². The van der Waals surface area contributed by atoms with Gasteiger partial charge < -0.3 is 15.3 Å². The highest BCUT2D eigenvalue weighted by Gasteiger charge is 2.68. The van der Waals surface area contributed by atoms with Crippen LogP contribution in [0.1, 0.15) is 52.9 Å². The van der Waals surface area contributed by atoms with Crippen molar-refractivity contribution in [1.82, 2.24) is 0 Å². The van der Waals surface area contributed by atoms with E-state index in [2.05, 4.69) is 6.92 Å². The molecule has 144 valence electrons. The minimum absolute atomic E-state index is 0.0490. The van der Waals surface area contributed by atoms with E-state index in [1.807, 2.05) is 13.0 Å². The van der Waals surface area contributed by atoms with Crippen LogP contribution in [0, 0.1) is 34.5 Å². The molecule has 0 bridgehead atoms. The van der Waals surface area contributed by atoms with Crippen molar-refractivity contribution in [3.8, 4) is 0 Å². The molecule has 5 heteroatoms. The number of hydrogen-bond donors (Lipinski definition) is 3. The molecule has 0 heterocycles. The van der Waals surface area contributed by atoms with Gasteiger partial charge in [0.15, 0.2) is 11.6 Å². The number of fused-ring (bicyclic) bond motifs is 5. The van der Waals surface area contributed by atoms with Crippen molar-refractivity contribution in [2.45, 2.75) is 70.7 Å².